The highest BCUT2D eigenvalue weighted by Crippen LogP contribution is 2.19. The Bertz CT molecular complexity index is 253. The van der Waals surface area contributed by atoms with Crippen molar-refractivity contribution in [2.75, 3.05) is 6.61 Å². The molecular weight excluding hydrogens is 142 g/mol. The van der Waals surface area contributed by atoms with Gasteiger partial charge in [-0.3, -0.25) is 4.79 Å². The second-order valence-corrected chi connectivity index (χ2v) is 2.60. The van der Waals surface area contributed by atoms with E-state index in [0.29, 0.717) is 13.0 Å². The van der Waals surface area contributed by atoms with E-state index < -0.39 is 0 Å². The van der Waals surface area contributed by atoms with Gasteiger partial charge in [0.25, 0.3) is 0 Å². The van der Waals surface area contributed by atoms with E-state index in [1.807, 2.05) is 12.2 Å². The standard InChI is InChI=1S/C8H9NO2/c10-8-4-3-7-6(9-8)2-1-5-11-7/h1-2H,3-5H2,(H,9,10). The maximum absolute atomic E-state index is 10.9. The van der Waals surface area contributed by atoms with E-state index in [4.69, 9.17) is 4.74 Å². The van der Waals surface area contributed by atoms with Gasteiger partial charge in [-0.25, -0.2) is 0 Å². The summed E-state index contributed by atoms with van der Waals surface area (Å²) in [6.07, 6.45) is 5.08. The summed E-state index contributed by atoms with van der Waals surface area (Å²) in [4.78, 5) is 10.9. The Kier molecular flexibility index (Phi) is 1.42. The van der Waals surface area contributed by atoms with E-state index in [0.717, 1.165) is 17.9 Å². The van der Waals surface area contributed by atoms with E-state index in [1.54, 1.807) is 0 Å². The largest absolute Gasteiger partial charge is 0.492 e. The average molecular weight is 151 g/mol. The number of rotatable bonds is 0. The molecule has 0 aromatic heterocycles. The SMILES string of the molecule is O=C1CCC2=C(C=CCO2)N1. The van der Waals surface area contributed by atoms with E-state index in [1.165, 1.54) is 0 Å². The molecule has 3 nitrogen and oxygen atoms in total. The predicted octanol–water partition coefficient (Wildman–Crippen LogP) is 0.694. The molecule has 2 aliphatic rings. The van der Waals surface area contributed by atoms with Crippen molar-refractivity contribution in [3.63, 3.8) is 0 Å². The van der Waals surface area contributed by atoms with Gasteiger partial charge in [-0.05, 0) is 12.2 Å². The molecule has 0 spiro atoms. The smallest absolute Gasteiger partial charge is 0.224 e. The van der Waals surface area contributed by atoms with Crippen LogP contribution in [-0.2, 0) is 9.53 Å². The number of carbonyl (C=O) groups excluding carboxylic acids is 1. The highest BCUT2D eigenvalue weighted by atomic mass is 16.5. The lowest BCUT2D eigenvalue weighted by Gasteiger charge is -2.21. The summed E-state index contributed by atoms with van der Waals surface area (Å²) in [5, 5.41) is 2.75. The van der Waals surface area contributed by atoms with Crippen LogP contribution in [0, 0.1) is 0 Å². The normalized spacial score (nSPS) is 22.4. The van der Waals surface area contributed by atoms with Crippen molar-refractivity contribution in [1.29, 1.82) is 0 Å². The van der Waals surface area contributed by atoms with Gasteiger partial charge in [-0.2, -0.15) is 0 Å². The topological polar surface area (TPSA) is 38.3 Å². The highest BCUT2D eigenvalue weighted by Gasteiger charge is 2.18. The fourth-order valence-corrected chi connectivity index (χ4v) is 1.24. The lowest BCUT2D eigenvalue weighted by molar-refractivity contribution is -0.121. The Morgan fingerprint density at radius 3 is 3.27 bits per heavy atom. The summed E-state index contributed by atoms with van der Waals surface area (Å²) in [7, 11) is 0. The molecule has 0 saturated heterocycles. The number of amides is 1. The van der Waals surface area contributed by atoms with Gasteiger partial charge < -0.3 is 10.1 Å². The molecule has 1 amide bonds. The van der Waals surface area contributed by atoms with Crippen LogP contribution in [0.25, 0.3) is 0 Å². The van der Waals surface area contributed by atoms with Crippen LogP contribution in [0.2, 0.25) is 0 Å². The van der Waals surface area contributed by atoms with Crippen LogP contribution in [0.4, 0.5) is 0 Å². The molecule has 0 radical (unpaired) electrons. The molecule has 0 aromatic carbocycles. The Balaban J connectivity index is 2.26. The quantitative estimate of drug-likeness (QED) is 0.553. The summed E-state index contributed by atoms with van der Waals surface area (Å²) in [6.45, 7) is 0.634. The van der Waals surface area contributed by atoms with Crippen molar-refractivity contribution in [3.05, 3.63) is 23.6 Å². The zero-order chi connectivity index (χ0) is 7.68. The van der Waals surface area contributed by atoms with E-state index in [2.05, 4.69) is 5.32 Å². The van der Waals surface area contributed by atoms with Gasteiger partial charge in [-0.15, -0.1) is 0 Å². The third kappa shape index (κ3) is 1.13. The van der Waals surface area contributed by atoms with Gasteiger partial charge >= 0.3 is 0 Å². The third-order valence-electron chi connectivity index (χ3n) is 1.79. The number of carbonyl (C=O) groups is 1. The first-order valence-corrected chi connectivity index (χ1v) is 3.68. The number of allylic oxidation sites excluding steroid dienone is 2. The number of hydrogen-bond donors (Lipinski definition) is 1. The predicted molar refractivity (Wildman–Crippen MR) is 39.5 cm³/mol. The molecule has 0 aromatic rings. The lowest BCUT2D eigenvalue weighted by atomic mass is 10.1. The minimum absolute atomic E-state index is 0.0823. The molecule has 0 fully saturated rings. The summed E-state index contributed by atoms with van der Waals surface area (Å²) in [5.74, 6) is 1.01. The molecule has 11 heavy (non-hydrogen) atoms. The van der Waals surface area contributed by atoms with Crippen LogP contribution < -0.4 is 5.32 Å². The summed E-state index contributed by atoms with van der Waals surface area (Å²) < 4.78 is 5.31. The maximum Gasteiger partial charge on any atom is 0.224 e. The fraction of sp³-hybridized carbons (Fsp3) is 0.375. The molecule has 58 valence electrons. The van der Waals surface area contributed by atoms with E-state index in [9.17, 15) is 4.79 Å². The fourth-order valence-electron chi connectivity index (χ4n) is 1.24. The number of hydrogen-bond acceptors (Lipinski definition) is 2. The Morgan fingerprint density at radius 1 is 1.45 bits per heavy atom. The average Bonchev–Trinajstić information content (AvgIpc) is 2.04. The summed E-state index contributed by atoms with van der Waals surface area (Å²) in [6, 6.07) is 0. The van der Waals surface area contributed by atoms with Crippen molar-refractivity contribution in [2.45, 2.75) is 12.8 Å². The van der Waals surface area contributed by atoms with Crippen LogP contribution in [0.1, 0.15) is 12.8 Å². The van der Waals surface area contributed by atoms with E-state index in [-0.39, 0.29) is 5.91 Å². The third-order valence-corrected chi connectivity index (χ3v) is 1.79. The molecule has 3 heteroatoms. The van der Waals surface area contributed by atoms with Crippen LogP contribution in [0.3, 0.4) is 0 Å². The zero-order valence-corrected chi connectivity index (χ0v) is 6.09. The van der Waals surface area contributed by atoms with Gasteiger partial charge in [-0.1, -0.05) is 0 Å². The first kappa shape index (κ1) is 6.46. The van der Waals surface area contributed by atoms with Gasteiger partial charge in [0.1, 0.15) is 12.4 Å². The van der Waals surface area contributed by atoms with Crippen LogP contribution in [-0.4, -0.2) is 12.5 Å². The molecule has 1 N–H and O–H groups in total. The Morgan fingerprint density at radius 2 is 2.36 bits per heavy atom. The van der Waals surface area contributed by atoms with Gasteiger partial charge in [0.05, 0.1) is 5.70 Å². The van der Waals surface area contributed by atoms with Gasteiger partial charge in [0, 0.05) is 12.8 Å². The van der Waals surface area contributed by atoms with Crippen molar-refractivity contribution >= 4 is 5.91 Å². The molecule has 2 heterocycles. The van der Waals surface area contributed by atoms with Crippen molar-refractivity contribution in [2.24, 2.45) is 0 Å². The molecule has 0 unspecified atom stereocenters. The monoisotopic (exact) mass is 151 g/mol. The first-order chi connectivity index (χ1) is 5.36. The minimum Gasteiger partial charge on any atom is -0.492 e. The maximum atomic E-state index is 10.9. The Labute approximate surface area is 64.7 Å². The molecule has 0 bridgehead atoms. The molecule has 2 aliphatic heterocycles. The molecule has 0 atom stereocenters. The second-order valence-electron chi connectivity index (χ2n) is 2.60. The Hall–Kier alpha value is -1.25. The van der Waals surface area contributed by atoms with Crippen molar-refractivity contribution < 1.29 is 9.53 Å². The first-order valence-electron chi connectivity index (χ1n) is 3.68. The second kappa shape index (κ2) is 2.42. The highest BCUT2D eigenvalue weighted by molar-refractivity contribution is 5.80. The minimum atomic E-state index is 0.0823. The van der Waals surface area contributed by atoms with Crippen LogP contribution >= 0.6 is 0 Å². The van der Waals surface area contributed by atoms with Crippen LogP contribution in [0.5, 0.6) is 0 Å². The van der Waals surface area contributed by atoms with Crippen LogP contribution in [0.15, 0.2) is 23.6 Å². The molecule has 0 aliphatic carbocycles. The molecule has 2 rings (SSSR count). The van der Waals surface area contributed by atoms with Gasteiger partial charge in [0.2, 0.25) is 5.91 Å². The van der Waals surface area contributed by atoms with Crippen molar-refractivity contribution in [3.8, 4) is 0 Å². The van der Waals surface area contributed by atoms with E-state index >= 15 is 0 Å². The lowest BCUT2D eigenvalue weighted by Crippen LogP contribution is -2.29. The van der Waals surface area contributed by atoms with Crippen molar-refractivity contribution in [1.82, 2.24) is 5.32 Å². The molecule has 0 saturated carbocycles. The summed E-state index contributed by atoms with van der Waals surface area (Å²) in [5.41, 5.74) is 0.840. The summed E-state index contributed by atoms with van der Waals surface area (Å²) >= 11 is 0. The molecular formula is C8H9NO2. The number of nitrogens with one attached hydrogen (secondary N) is 1. The number of ether oxygens (including phenoxy) is 1. The zero-order valence-electron chi connectivity index (χ0n) is 6.09. The van der Waals surface area contributed by atoms with Gasteiger partial charge in [0.15, 0.2) is 0 Å².